The van der Waals surface area contributed by atoms with Crippen LogP contribution in [0, 0.1) is 0 Å². The Morgan fingerprint density at radius 3 is 2.58 bits per heavy atom. The lowest BCUT2D eigenvalue weighted by molar-refractivity contribution is 0.102. The van der Waals surface area contributed by atoms with Gasteiger partial charge in [-0.2, -0.15) is 5.10 Å². The van der Waals surface area contributed by atoms with Crippen molar-refractivity contribution in [2.45, 2.75) is 26.4 Å². The van der Waals surface area contributed by atoms with Crippen LogP contribution in [0.2, 0.25) is 0 Å². The summed E-state index contributed by atoms with van der Waals surface area (Å²) < 4.78 is 0. The van der Waals surface area contributed by atoms with E-state index in [-0.39, 0.29) is 12.5 Å². The molecule has 0 fully saturated rings. The quantitative estimate of drug-likeness (QED) is 0.788. The molecule has 0 aliphatic carbocycles. The van der Waals surface area contributed by atoms with Crippen molar-refractivity contribution in [1.29, 1.82) is 0 Å². The van der Waals surface area contributed by atoms with Crippen molar-refractivity contribution in [1.82, 2.24) is 10.2 Å². The van der Waals surface area contributed by atoms with Gasteiger partial charge in [0.1, 0.15) is 0 Å². The van der Waals surface area contributed by atoms with E-state index < -0.39 is 0 Å². The van der Waals surface area contributed by atoms with Gasteiger partial charge in [-0.05, 0) is 23.6 Å². The third-order valence-corrected chi connectivity index (χ3v) is 2.86. The van der Waals surface area contributed by atoms with E-state index >= 15 is 0 Å². The first-order chi connectivity index (χ1) is 9.10. The van der Waals surface area contributed by atoms with Gasteiger partial charge in [-0.1, -0.05) is 26.0 Å². The zero-order chi connectivity index (χ0) is 13.8. The van der Waals surface area contributed by atoms with Crippen molar-refractivity contribution in [3.63, 3.8) is 0 Å². The van der Waals surface area contributed by atoms with Crippen LogP contribution in [0.25, 0.3) is 0 Å². The van der Waals surface area contributed by atoms with Gasteiger partial charge in [-0.3, -0.25) is 9.89 Å². The van der Waals surface area contributed by atoms with Crippen molar-refractivity contribution in [3.8, 4) is 0 Å². The highest BCUT2D eigenvalue weighted by Crippen LogP contribution is 2.15. The first kappa shape index (κ1) is 13.3. The molecule has 5 nitrogen and oxygen atoms in total. The molecule has 0 unspecified atom stereocenters. The summed E-state index contributed by atoms with van der Waals surface area (Å²) in [6, 6.07) is 8.62. The molecule has 0 saturated carbocycles. The Bertz CT molecular complexity index is 558. The minimum absolute atomic E-state index is 0.0288. The second kappa shape index (κ2) is 5.67. The van der Waals surface area contributed by atoms with Gasteiger partial charge in [0.15, 0.2) is 5.82 Å². The molecule has 0 spiro atoms. The predicted octanol–water partition coefficient (Wildman–Crippen LogP) is 2.28. The summed E-state index contributed by atoms with van der Waals surface area (Å²) >= 11 is 0. The molecule has 1 amide bonds. The normalized spacial score (nSPS) is 10.7. The third kappa shape index (κ3) is 3.20. The summed E-state index contributed by atoms with van der Waals surface area (Å²) in [5, 5.41) is 18.6. The molecule has 0 saturated heterocycles. The topological polar surface area (TPSA) is 78.0 Å². The van der Waals surface area contributed by atoms with Crippen molar-refractivity contribution < 1.29 is 9.90 Å². The number of aliphatic hydroxyl groups excluding tert-OH is 1. The number of rotatable bonds is 4. The number of aromatic nitrogens is 2. The third-order valence-electron chi connectivity index (χ3n) is 2.86. The zero-order valence-electron chi connectivity index (χ0n) is 11.0. The molecule has 0 aliphatic rings. The number of carbonyl (C=O) groups is 1. The predicted molar refractivity (Wildman–Crippen MR) is 73.0 cm³/mol. The van der Waals surface area contributed by atoms with E-state index in [2.05, 4.69) is 15.5 Å². The number of amides is 1. The number of H-pyrrole nitrogens is 1. The van der Waals surface area contributed by atoms with Crippen molar-refractivity contribution >= 4 is 11.7 Å². The average molecular weight is 259 g/mol. The van der Waals surface area contributed by atoms with E-state index in [9.17, 15) is 4.79 Å². The fourth-order valence-electron chi connectivity index (χ4n) is 1.65. The van der Waals surface area contributed by atoms with Crippen LogP contribution < -0.4 is 5.32 Å². The number of aliphatic hydroxyl groups is 1. The Morgan fingerprint density at radius 2 is 2.05 bits per heavy atom. The Hall–Kier alpha value is -2.14. The Kier molecular flexibility index (Phi) is 3.97. The maximum Gasteiger partial charge on any atom is 0.256 e. The monoisotopic (exact) mass is 259 g/mol. The minimum Gasteiger partial charge on any atom is -0.392 e. The van der Waals surface area contributed by atoms with Crippen molar-refractivity contribution in [2.24, 2.45) is 0 Å². The highest BCUT2D eigenvalue weighted by Gasteiger charge is 2.09. The lowest BCUT2D eigenvalue weighted by Crippen LogP contribution is -2.12. The van der Waals surface area contributed by atoms with E-state index in [4.69, 9.17) is 5.11 Å². The molecule has 0 atom stereocenters. The number of nitrogens with one attached hydrogen (secondary N) is 2. The first-order valence-corrected chi connectivity index (χ1v) is 6.16. The molecule has 3 N–H and O–H groups in total. The van der Waals surface area contributed by atoms with Crippen molar-refractivity contribution in [2.75, 3.05) is 5.32 Å². The van der Waals surface area contributed by atoms with Crippen LogP contribution in [0.5, 0.6) is 0 Å². The molecule has 0 radical (unpaired) electrons. The summed E-state index contributed by atoms with van der Waals surface area (Å²) in [7, 11) is 0. The molecule has 2 aromatic rings. The number of aromatic amines is 1. The molecule has 100 valence electrons. The van der Waals surface area contributed by atoms with E-state index in [1.807, 2.05) is 19.9 Å². The number of hydrogen-bond donors (Lipinski definition) is 3. The maximum absolute atomic E-state index is 12.0. The van der Waals surface area contributed by atoms with Crippen LogP contribution >= 0.6 is 0 Å². The summed E-state index contributed by atoms with van der Waals surface area (Å²) in [4.78, 5) is 12.0. The molecule has 1 heterocycles. The van der Waals surface area contributed by atoms with Gasteiger partial charge >= 0.3 is 0 Å². The van der Waals surface area contributed by atoms with Crippen molar-refractivity contribution in [3.05, 3.63) is 47.2 Å². The lowest BCUT2D eigenvalue weighted by atomic mass is 10.1. The van der Waals surface area contributed by atoms with Crippen LogP contribution in [-0.2, 0) is 6.61 Å². The fourth-order valence-corrected chi connectivity index (χ4v) is 1.65. The van der Waals surface area contributed by atoms with Crippen LogP contribution in [0.1, 0.15) is 41.4 Å². The fraction of sp³-hybridized carbons (Fsp3) is 0.286. The van der Waals surface area contributed by atoms with Gasteiger partial charge in [0.25, 0.3) is 5.91 Å². The van der Waals surface area contributed by atoms with Crippen LogP contribution in [0.15, 0.2) is 30.3 Å². The number of anilines is 1. The Morgan fingerprint density at radius 1 is 1.37 bits per heavy atom. The highest BCUT2D eigenvalue weighted by molar-refractivity contribution is 6.03. The molecular formula is C14H17N3O2. The smallest absolute Gasteiger partial charge is 0.256 e. The molecule has 19 heavy (non-hydrogen) atoms. The second-order valence-electron chi connectivity index (χ2n) is 4.67. The van der Waals surface area contributed by atoms with E-state index in [1.165, 1.54) is 0 Å². The minimum atomic E-state index is -0.216. The molecular weight excluding hydrogens is 242 g/mol. The van der Waals surface area contributed by atoms with Crippen LogP contribution in [-0.4, -0.2) is 21.2 Å². The zero-order valence-corrected chi connectivity index (χ0v) is 11.0. The molecule has 2 rings (SSSR count). The molecule has 1 aromatic heterocycles. The summed E-state index contributed by atoms with van der Waals surface area (Å²) in [6.45, 7) is 4.07. The second-order valence-corrected chi connectivity index (χ2v) is 4.67. The van der Waals surface area contributed by atoms with Gasteiger partial charge in [0.2, 0.25) is 0 Å². The summed E-state index contributed by atoms with van der Waals surface area (Å²) in [5.41, 5.74) is 2.29. The molecule has 0 aliphatic heterocycles. The number of benzene rings is 1. The largest absolute Gasteiger partial charge is 0.392 e. The summed E-state index contributed by atoms with van der Waals surface area (Å²) in [5.74, 6) is 0.633. The number of hydrogen-bond acceptors (Lipinski definition) is 3. The van der Waals surface area contributed by atoms with Gasteiger partial charge < -0.3 is 10.4 Å². The van der Waals surface area contributed by atoms with Gasteiger partial charge in [-0.25, -0.2) is 0 Å². The Labute approximate surface area is 111 Å². The first-order valence-electron chi connectivity index (χ1n) is 6.16. The van der Waals surface area contributed by atoms with E-state index in [0.717, 1.165) is 11.3 Å². The van der Waals surface area contributed by atoms with Crippen LogP contribution in [0.3, 0.4) is 0 Å². The van der Waals surface area contributed by atoms with Crippen LogP contribution in [0.4, 0.5) is 5.82 Å². The molecule has 5 heteroatoms. The van der Waals surface area contributed by atoms with Gasteiger partial charge in [-0.15, -0.1) is 0 Å². The maximum atomic E-state index is 12.0. The lowest BCUT2D eigenvalue weighted by Gasteiger charge is -2.02. The summed E-state index contributed by atoms with van der Waals surface area (Å²) in [6.07, 6.45) is 0. The molecule has 1 aromatic carbocycles. The van der Waals surface area contributed by atoms with Gasteiger partial charge in [0.05, 0.1) is 6.61 Å². The SMILES string of the molecule is CC(C)c1cc(NC(=O)c2ccc(CO)cc2)n[nH]1. The van der Waals surface area contributed by atoms with E-state index in [0.29, 0.717) is 17.3 Å². The highest BCUT2D eigenvalue weighted by atomic mass is 16.3. The number of carbonyl (C=O) groups excluding carboxylic acids is 1. The average Bonchev–Trinajstić information content (AvgIpc) is 2.87. The van der Waals surface area contributed by atoms with Gasteiger partial charge in [0, 0.05) is 17.3 Å². The Balaban J connectivity index is 2.06. The standard InChI is InChI=1S/C14H17N3O2/c1-9(2)12-7-13(17-16-12)15-14(19)11-5-3-10(8-18)4-6-11/h3-7,9,18H,8H2,1-2H3,(H2,15,16,17,19). The number of nitrogens with zero attached hydrogens (tertiary/aromatic N) is 1. The molecule has 0 bridgehead atoms. The van der Waals surface area contributed by atoms with E-state index in [1.54, 1.807) is 24.3 Å².